The number of hydrogen-bond acceptors (Lipinski definition) is 7. The molecule has 0 saturated carbocycles. The van der Waals surface area contributed by atoms with Crippen molar-refractivity contribution in [3.63, 3.8) is 0 Å². The van der Waals surface area contributed by atoms with Gasteiger partial charge in [-0.15, -0.1) is 4.40 Å². The Balaban J connectivity index is 1.69. The van der Waals surface area contributed by atoms with Crippen molar-refractivity contribution in [2.24, 2.45) is 4.40 Å². The van der Waals surface area contributed by atoms with Crippen LogP contribution in [0.1, 0.15) is 0 Å². The first-order valence-corrected chi connectivity index (χ1v) is 10.2. The van der Waals surface area contributed by atoms with Crippen LogP contribution in [0.3, 0.4) is 0 Å². The third-order valence-corrected chi connectivity index (χ3v) is 5.59. The van der Waals surface area contributed by atoms with Gasteiger partial charge in [0.1, 0.15) is 22.2 Å². The van der Waals surface area contributed by atoms with E-state index < -0.39 is 10.0 Å². The van der Waals surface area contributed by atoms with E-state index in [0.29, 0.717) is 22.5 Å². The highest BCUT2D eigenvalue weighted by atomic mass is 35.5. The average molecular weight is 431 g/mol. The molecule has 0 amide bonds. The van der Waals surface area contributed by atoms with Crippen molar-refractivity contribution in [3.8, 4) is 17.4 Å². The fourth-order valence-corrected chi connectivity index (χ4v) is 3.93. The Kier molecular flexibility index (Phi) is 4.99. The molecule has 0 spiro atoms. The van der Waals surface area contributed by atoms with Crippen molar-refractivity contribution in [2.75, 3.05) is 17.7 Å². The number of ether oxygens (including phenoxy) is 2. The van der Waals surface area contributed by atoms with E-state index in [1.807, 2.05) is 0 Å². The third kappa shape index (κ3) is 3.96. The van der Waals surface area contributed by atoms with Crippen LogP contribution in [-0.2, 0) is 10.0 Å². The van der Waals surface area contributed by atoms with Crippen molar-refractivity contribution >= 4 is 39.1 Å². The Hall–Kier alpha value is -3.30. The molecule has 1 aliphatic rings. The summed E-state index contributed by atoms with van der Waals surface area (Å²) in [4.78, 5) is 4.19. The minimum absolute atomic E-state index is 0.00814. The third-order valence-electron chi connectivity index (χ3n) is 3.96. The molecule has 29 heavy (non-hydrogen) atoms. The number of fused-ring (bicyclic) bond motifs is 1. The van der Waals surface area contributed by atoms with Gasteiger partial charge in [-0.2, -0.15) is 13.4 Å². The van der Waals surface area contributed by atoms with Gasteiger partial charge in [-0.25, -0.2) is 0 Å². The summed E-state index contributed by atoms with van der Waals surface area (Å²) in [5, 5.41) is 6.20. The van der Waals surface area contributed by atoms with Gasteiger partial charge in [-0.1, -0.05) is 35.9 Å². The van der Waals surface area contributed by atoms with E-state index in [4.69, 9.17) is 21.1 Å². The Morgan fingerprint density at radius 2 is 1.76 bits per heavy atom. The first kappa shape index (κ1) is 19.0. The number of halogens is 1. The van der Waals surface area contributed by atoms with Gasteiger partial charge in [0.25, 0.3) is 10.0 Å². The molecule has 0 aliphatic carbocycles. The molecule has 0 atom stereocenters. The molecular weight excluding hydrogens is 416 g/mol. The molecule has 0 fully saturated rings. The number of pyridine rings is 1. The molecule has 2 aromatic carbocycles. The highest BCUT2D eigenvalue weighted by Crippen LogP contribution is 2.39. The summed E-state index contributed by atoms with van der Waals surface area (Å²) in [6.45, 7) is 0. The Morgan fingerprint density at radius 3 is 2.55 bits per heavy atom. The smallest absolute Gasteiger partial charge is 0.287 e. The minimum atomic E-state index is -3.96. The molecule has 0 unspecified atom stereocenters. The highest BCUT2D eigenvalue weighted by molar-refractivity contribution is 7.90. The molecule has 4 rings (SSSR count). The molecule has 2 N–H and O–H groups in total. The summed E-state index contributed by atoms with van der Waals surface area (Å²) >= 11 is 6.16. The fraction of sp³-hybridized carbons (Fsp3) is 0.0526. The van der Waals surface area contributed by atoms with E-state index in [2.05, 4.69) is 20.0 Å². The maximum Gasteiger partial charge on any atom is 0.287 e. The number of para-hydroxylation sites is 2. The van der Waals surface area contributed by atoms with E-state index in [1.54, 1.807) is 54.6 Å². The summed E-state index contributed by atoms with van der Waals surface area (Å²) in [7, 11) is -2.47. The van der Waals surface area contributed by atoms with E-state index in [0.717, 1.165) is 0 Å². The first-order valence-electron chi connectivity index (χ1n) is 8.42. The van der Waals surface area contributed by atoms with Gasteiger partial charge < -0.3 is 20.1 Å². The number of rotatable bonds is 4. The summed E-state index contributed by atoms with van der Waals surface area (Å²) < 4.78 is 40.1. The lowest BCUT2D eigenvalue weighted by Gasteiger charge is -2.21. The van der Waals surface area contributed by atoms with Crippen LogP contribution in [0.5, 0.6) is 17.4 Å². The van der Waals surface area contributed by atoms with Crippen LogP contribution in [0.15, 0.2) is 70.0 Å². The number of aromatic nitrogens is 1. The van der Waals surface area contributed by atoms with E-state index in [-0.39, 0.29) is 22.3 Å². The van der Waals surface area contributed by atoms with Crippen LogP contribution in [0.4, 0.5) is 11.5 Å². The van der Waals surface area contributed by atoms with Gasteiger partial charge in [-0.05, 0) is 30.3 Å². The maximum atomic E-state index is 12.7. The number of nitrogens with zero attached hydrogens (tertiary/aromatic N) is 2. The number of anilines is 2. The molecule has 2 heterocycles. The molecule has 0 radical (unpaired) electrons. The van der Waals surface area contributed by atoms with Gasteiger partial charge in [-0.3, -0.25) is 0 Å². The number of sulfonamides is 1. The van der Waals surface area contributed by atoms with Crippen molar-refractivity contribution < 1.29 is 17.9 Å². The van der Waals surface area contributed by atoms with E-state index >= 15 is 0 Å². The molecular formula is C19H15ClN4O4S. The van der Waals surface area contributed by atoms with Crippen molar-refractivity contribution in [2.45, 2.75) is 4.90 Å². The second kappa shape index (κ2) is 7.61. The van der Waals surface area contributed by atoms with E-state index in [9.17, 15) is 8.42 Å². The first-order chi connectivity index (χ1) is 14.0. The fourth-order valence-electron chi connectivity index (χ4n) is 2.66. The van der Waals surface area contributed by atoms with Gasteiger partial charge in [0.15, 0.2) is 5.75 Å². The van der Waals surface area contributed by atoms with Gasteiger partial charge in [0.05, 0.1) is 12.1 Å². The highest BCUT2D eigenvalue weighted by Gasteiger charge is 2.28. The standard InChI is InChI=1S/C19H15ClN4O4S/c1-27-17-11-5-10-16(21-17)22-19-23-18-14(28-13-7-3-2-6-12(13)20)8-4-9-15(18)29(25,26)24-19/h2-11H,1H3,(H2,21,22,23,24). The predicted molar refractivity (Wildman–Crippen MR) is 111 cm³/mol. The predicted octanol–water partition coefficient (Wildman–Crippen LogP) is 4.12. The summed E-state index contributed by atoms with van der Waals surface area (Å²) in [5.74, 6) is 1.39. The number of guanidine groups is 1. The summed E-state index contributed by atoms with van der Waals surface area (Å²) in [6, 6.07) is 16.6. The Morgan fingerprint density at radius 1 is 1.00 bits per heavy atom. The number of nitrogens with one attached hydrogen (secondary N) is 2. The quantitative estimate of drug-likeness (QED) is 0.641. The topological polar surface area (TPSA) is 102 Å². The molecule has 10 heteroatoms. The number of hydrogen-bond donors (Lipinski definition) is 2. The van der Waals surface area contributed by atoms with Gasteiger partial charge >= 0.3 is 0 Å². The minimum Gasteiger partial charge on any atom is -0.481 e. The molecule has 3 aromatic rings. The van der Waals surface area contributed by atoms with Crippen molar-refractivity contribution in [3.05, 3.63) is 65.7 Å². The molecule has 8 nitrogen and oxygen atoms in total. The summed E-state index contributed by atoms with van der Waals surface area (Å²) in [6.07, 6.45) is 0. The summed E-state index contributed by atoms with van der Waals surface area (Å²) in [5.41, 5.74) is 0.243. The van der Waals surface area contributed by atoms with Gasteiger partial charge in [0.2, 0.25) is 11.8 Å². The Bertz CT molecular complexity index is 1210. The number of methoxy groups -OCH3 is 1. The van der Waals surface area contributed by atoms with Crippen LogP contribution in [0, 0.1) is 0 Å². The van der Waals surface area contributed by atoms with Crippen molar-refractivity contribution in [1.82, 2.24) is 4.98 Å². The molecule has 0 saturated heterocycles. The lowest BCUT2D eigenvalue weighted by molar-refractivity contribution is 0.398. The largest absolute Gasteiger partial charge is 0.481 e. The van der Waals surface area contributed by atoms with Crippen LogP contribution in [-0.4, -0.2) is 26.5 Å². The SMILES string of the molecule is COc1cccc(NC2=NS(=O)(=O)c3cccc(Oc4ccccc4Cl)c3N2)n1. The monoisotopic (exact) mass is 430 g/mol. The second-order valence-corrected chi connectivity index (χ2v) is 7.87. The zero-order valence-corrected chi connectivity index (χ0v) is 16.7. The van der Waals surface area contributed by atoms with Crippen LogP contribution < -0.4 is 20.1 Å². The molecule has 1 aromatic heterocycles. The average Bonchev–Trinajstić information content (AvgIpc) is 2.70. The van der Waals surface area contributed by atoms with Gasteiger partial charge in [0, 0.05) is 6.07 Å². The van der Waals surface area contributed by atoms with E-state index in [1.165, 1.54) is 13.2 Å². The lowest BCUT2D eigenvalue weighted by Crippen LogP contribution is -2.28. The van der Waals surface area contributed by atoms with Crippen LogP contribution in [0.2, 0.25) is 5.02 Å². The zero-order valence-electron chi connectivity index (χ0n) is 15.1. The molecule has 0 bridgehead atoms. The molecule has 148 valence electrons. The normalized spacial score (nSPS) is 14.2. The van der Waals surface area contributed by atoms with Crippen LogP contribution >= 0.6 is 11.6 Å². The van der Waals surface area contributed by atoms with Crippen LogP contribution in [0.25, 0.3) is 0 Å². The Labute approximate surface area is 172 Å². The van der Waals surface area contributed by atoms with Crippen molar-refractivity contribution in [1.29, 1.82) is 0 Å². The lowest BCUT2D eigenvalue weighted by atomic mass is 10.2. The second-order valence-electron chi connectivity index (χ2n) is 5.89. The maximum absolute atomic E-state index is 12.7. The zero-order chi connectivity index (χ0) is 20.4. The molecule has 1 aliphatic heterocycles. The number of benzene rings is 2.